The molecule has 0 atom stereocenters. The van der Waals surface area contributed by atoms with Gasteiger partial charge >= 0.3 is 0 Å². The summed E-state index contributed by atoms with van der Waals surface area (Å²) in [4.78, 5) is 36.7. The first-order chi connectivity index (χ1) is 12.5. The van der Waals surface area contributed by atoms with E-state index in [4.69, 9.17) is 4.74 Å². The first-order valence-corrected chi connectivity index (χ1v) is 9.02. The van der Waals surface area contributed by atoms with E-state index in [9.17, 15) is 14.4 Å². The number of rotatable bonds is 6. The molecule has 1 aliphatic heterocycles. The van der Waals surface area contributed by atoms with Crippen LogP contribution in [-0.2, 0) is 22.6 Å². The van der Waals surface area contributed by atoms with E-state index in [2.05, 4.69) is 5.32 Å². The Balaban J connectivity index is 1.57. The van der Waals surface area contributed by atoms with Gasteiger partial charge in [0, 0.05) is 5.69 Å². The number of amides is 3. The third kappa shape index (κ3) is 4.43. The number of thioether (sulfide) groups is 1. The molecule has 0 saturated carbocycles. The molecule has 6 nitrogen and oxygen atoms in total. The lowest BCUT2D eigenvalue weighted by atomic mass is 10.1. The molecular formula is C19H18N2O4S. The van der Waals surface area contributed by atoms with Crippen LogP contribution in [0.15, 0.2) is 48.5 Å². The topological polar surface area (TPSA) is 75.7 Å². The molecule has 3 amide bonds. The number of hydrogen-bond acceptors (Lipinski definition) is 5. The smallest absolute Gasteiger partial charge is 0.289 e. The molecule has 26 heavy (non-hydrogen) atoms. The molecule has 0 spiro atoms. The van der Waals surface area contributed by atoms with Crippen LogP contribution in [-0.4, -0.2) is 34.8 Å². The fourth-order valence-electron chi connectivity index (χ4n) is 2.58. The third-order valence-electron chi connectivity index (χ3n) is 3.92. The van der Waals surface area contributed by atoms with E-state index < -0.39 is 0 Å². The summed E-state index contributed by atoms with van der Waals surface area (Å²) in [6.45, 7) is 0.253. The molecular weight excluding hydrogens is 352 g/mol. The van der Waals surface area contributed by atoms with Crippen LogP contribution in [0.4, 0.5) is 10.5 Å². The second-order valence-electron chi connectivity index (χ2n) is 5.81. The molecule has 134 valence electrons. The van der Waals surface area contributed by atoms with E-state index in [0.717, 1.165) is 22.9 Å². The minimum Gasteiger partial charge on any atom is -0.497 e. The maximum atomic E-state index is 12.2. The summed E-state index contributed by atoms with van der Waals surface area (Å²) in [5.41, 5.74) is 2.36. The average molecular weight is 370 g/mol. The van der Waals surface area contributed by atoms with E-state index in [1.165, 1.54) is 4.90 Å². The van der Waals surface area contributed by atoms with Crippen molar-refractivity contribution >= 4 is 34.5 Å². The molecule has 7 heteroatoms. The highest BCUT2D eigenvalue weighted by Crippen LogP contribution is 2.22. The fourth-order valence-corrected chi connectivity index (χ4v) is 3.31. The van der Waals surface area contributed by atoms with Crippen molar-refractivity contribution in [1.82, 2.24) is 4.90 Å². The monoisotopic (exact) mass is 370 g/mol. The summed E-state index contributed by atoms with van der Waals surface area (Å²) in [6.07, 6.45) is 0.243. The zero-order chi connectivity index (χ0) is 18.5. The Morgan fingerprint density at radius 3 is 2.58 bits per heavy atom. The van der Waals surface area contributed by atoms with Gasteiger partial charge in [0.25, 0.3) is 5.24 Å². The molecule has 1 fully saturated rings. The van der Waals surface area contributed by atoms with Crippen LogP contribution in [0.1, 0.15) is 11.1 Å². The summed E-state index contributed by atoms with van der Waals surface area (Å²) in [6, 6.07) is 14.5. The van der Waals surface area contributed by atoms with Crippen molar-refractivity contribution in [3.05, 3.63) is 59.7 Å². The predicted octanol–water partition coefficient (Wildman–Crippen LogP) is 3.07. The van der Waals surface area contributed by atoms with Crippen molar-refractivity contribution < 1.29 is 19.1 Å². The van der Waals surface area contributed by atoms with Crippen LogP contribution >= 0.6 is 11.8 Å². The van der Waals surface area contributed by atoms with Crippen LogP contribution < -0.4 is 10.1 Å². The molecule has 2 aromatic carbocycles. The quantitative estimate of drug-likeness (QED) is 0.846. The standard InChI is InChI=1S/C19H18N2O4S/c1-25-16-4-2-3-14(9-16)10-17(22)20-15-7-5-13(6-8-15)11-21-18(23)12-26-19(21)24/h2-9H,10-12H2,1H3,(H,20,22). The zero-order valence-corrected chi connectivity index (χ0v) is 15.0. The minimum atomic E-state index is -0.217. The second kappa shape index (κ2) is 8.05. The maximum absolute atomic E-state index is 12.2. The zero-order valence-electron chi connectivity index (χ0n) is 14.2. The largest absolute Gasteiger partial charge is 0.497 e. The highest BCUT2D eigenvalue weighted by Gasteiger charge is 2.29. The highest BCUT2D eigenvalue weighted by atomic mass is 32.2. The normalized spacial score (nSPS) is 13.8. The Morgan fingerprint density at radius 2 is 1.92 bits per heavy atom. The number of carbonyl (C=O) groups excluding carboxylic acids is 3. The number of methoxy groups -OCH3 is 1. The number of benzene rings is 2. The Bertz CT molecular complexity index is 820. The number of nitrogens with one attached hydrogen (secondary N) is 1. The first kappa shape index (κ1) is 18.0. The number of carbonyl (C=O) groups is 3. The highest BCUT2D eigenvalue weighted by molar-refractivity contribution is 8.14. The minimum absolute atomic E-state index is 0.132. The van der Waals surface area contributed by atoms with Crippen molar-refractivity contribution in [2.24, 2.45) is 0 Å². The molecule has 1 N–H and O–H groups in total. The van der Waals surface area contributed by atoms with Gasteiger partial charge in [0.2, 0.25) is 11.8 Å². The summed E-state index contributed by atoms with van der Waals surface area (Å²) in [5.74, 6) is 0.615. The molecule has 1 heterocycles. The lowest BCUT2D eigenvalue weighted by Crippen LogP contribution is -2.27. The van der Waals surface area contributed by atoms with Crippen LogP contribution in [0.3, 0.4) is 0 Å². The molecule has 0 bridgehead atoms. The molecule has 0 unspecified atom stereocenters. The van der Waals surface area contributed by atoms with Gasteiger partial charge in [-0.2, -0.15) is 0 Å². The number of nitrogens with zero attached hydrogens (tertiary/aromatic N) is 1. The van der Waals surface area contributed by atoms with E-state index >= 15 is 0 Å². The Morgan fingerprint density at radius 1 is 1.15 bits per heavy atom. The summed E-state index contributed by atoms with van der Waals surface area (Å²) < 4.78 is 5.15. The van der Waals surface area contributed by atoms with Gasteiger partial charge in [-0.3, -0.25) is 19.3 Å². The SMILES string of the molecule is COc1cccc(CC(=O)Nc2ccc(CN3C(=O)CSC3=O)cc2)c1. The second-order valence-corrected chi connectivity index (χ2v) is 6.73. The van der Waals surface area contributed by atoms with Crippen LogP contribution in [0, 0.1) is 0 Å². The summed E-state index contributed by atoms with van der Waals surface area (Å²) in [5, 5.41) is 2.62. The van der Waals surface area contributed by atoms with Crippen molar-refractivity contribution in [2.75, 3.05) is 18.2 Å². The van der Waals surface area contributed by atoms with Crippen LogP contribution in [0.25, 0.3) is 0 Å². The van der Waals surface area contributed by atoms with E-state index in [-0.39, 0.29) is 35.8 Å². The molecule has 1 saturated heterocycles. The lowest BCUT2D eigenvalue weighted by Gasteiger charge is -2.13. The van der Waals surface area contributed by atoms with Crippen LogP contribution in [0.2, 0.25) is 0 Å². The van der Waals surface area contributed by atoms with Crippen molar-refractivity contribution in [1.29, 1.82) is 0 Å². The van der Waals surface area contributed by atoms with Gasteiger partial charge in [0.15, 0.2) is 0 Å². The third-order valence-corrected chi connectivity index (χ3v) is 4.78. The van der Waals surface area contributed by atoms with Gasteiger partial charge in [-0.05, 0) is 35.4 Å². The molecule has 0 aromatic heterocycles. The van der Waals surface area contributed by atoms with E-state index in [0.29, 0.717) is 11.4 Å². The Hall–Kier alpha value is -2.80. The van der Waals surface area contributed by atoms with Gasteiger partial charge in [-0.25, -0.2) is 0 Å². The van der Waals surface area contributed by atoms with Crippen molar-refractivity contribution in [2.45, 2.75) is 13.0 Å². The molecule has 2 aromatic rings. The van der Waals surface area contributed by atoms with Gasteiger partial charge < -0.3 is 10.1 Å². The van der Waals surface area contributed by atoms with E-state index in [1.54, 1.807) is 31.4 Å². The molecule has 0 radical (unpaired) electrons. The first-order valence-electron chi connectivity index (χ1n) is 8.04. The van der Waals surface area contributed by atoms with Gasteiger partial charge in [-0.1, -0.05) is 36.0 Å². The predicted molar refractivity (Wildman–Crippen MR) is 100 cm³/mol. The maximum Gasteiger partial charge on any atom is 0.289 e. The molecule has 0 aliphatic carbocycles. The number of imide groups is 1. The van der Waals surface area contributed by atoms with E-state index in [1.807, 2.05) is 24.3 Å². The van der Waals surface area contributed by atoms with Crippen molar-refractivity contribution in [3.63, 3.8) is 0 Å². The van der Waals surface area contributed by atoms with Gasteiger partial charge in [0.1, 0.15) is 5.75 Å². The van der Waals surface area contributed by atoms with Gasteiger partial charge in [-0.15, -0.1) is 0 Å². The number of anilines is 1. The average Bonchev–Trinajstić information content (AvgIpc) is 2.95. The summed E-state index contributed by atoms with van der Waals surface area (Å²) in [7, 11) is 1.59. The Kier molecular flexibility index (Phi) is 5.58. The number of ether oxygens (including phenoxy) is 1. The van der Waals surface area contributed by atoms with Crippen molar-refractivity contribution in [3.8, 4) is 5.75 Å². The Labute approximate surface area is 155 Å². The number of hydrogen-bond donors (Lipinski definition) is 1. The van der Waals surface area contributed by atoms with Crippen LogP contribution in [0.5, 0.6) is 5.75 Å². The fraction of sp³-hybridized carbons (Fsp3) is 0.211. The summed E-state index contributed by atoms with van der Waals surface area (Å²) >= 11 is 1.02. The molecule has 1 aliphatic rings. The van der Waals surface area contributed by atoms with Gasteiger partial charge in [0.05, 0.1) is 25.8 Å². The lowest BCUT2D eigenvalue weighted by molar-refractivity contribution is -0.125. The molecule has 3 rings (SSSR count).